The van der Waals surface area contributed by atoms with E-state index in [1.54, 1.807) is 0 Å². The third-order valence-electron chi connectivity index (χ3n) is 5.89. The SMILES string of the molecule is C[C@@]12CN[C@@H](c3ccccc3)[C@@](C)(CN[C@H]1c1ccccc1)C2. The molecule has 2 aliphatic rings. The van der Waals surface area contributed by atoms with E-state index in [-0.39, 0.29) is 10.8 Å². The molecule has 0 radical (unpaired) electrons. The zero-order chi connectivity index (χ0) is 15.9. The minimum Gasteiger partial charge on any atom is -0.309 e. The van der Waals surface area contributed by atoms with Gasteiger partial charge in [0.25, 0.3) is 0 Å². The first kappa shape index (κ1) is 14.9. The molecule has 4 atom stereocenters. The summed E-state index contributed by atoms with van der Waals surface area (Å²) in [5, 5.41) is 7.76. The van der Waals surface area contributed by atoms with Crippen LogP contribution in [0.1, 0.15) is 43.5 Å². The fourth-order valence-corrected chi connectivity index (χ4v) is 4.95. The minimum absolute atomic E-state index is 0.250. The van der Waals surface area contributed by atoms with Gasteiger partial charge in [0.15, 0.2) is 0 Å². The summed E-state index contributed by atoms with van der Waals surface area (Å²) >= 11 is 0. The Morgan fingerprint density at radius 2 is 1.09 bits per heavy atom. The first-order valence-electron chi connectivity index (χ1n) is 8.67. The van der Waals surface area contributed by atoms with Gasteiger partial charge in [-0.3, -0.25) is 0 Å². The van der Waals surface area contributed by atoms with Gasteiger partial charge < -0.3 is 10.6 Å². The lowest BCUT2D eigenvalue weighted by atomic mass is 9.58. The Labute approximate surface area is 139 Å². The van der Waals surface area contributed by atoms with Crippen molar-refractivity contribution in [1.29, 1.82) is 0 Å². The van der Waals surface area contributed by atoms with E-state index in [2.05, 4.69) is 85.1 Å². The van der Waals surface area contributed by atoms with E-state index in [0.29, 0.717) is 12.1 Å². The highest BCUT2D eigenvalue weighted by atomic mass is 15.1. The lowest BCUT2D eigenvalue weighted by Gasteiger charge is -2.58. The van der Waals surface area contributed by atoms with Gasteiger partial charge in [-0.25, -0.2) is 0 Å². The molecule has 2 N–H and O–H groups in total. The van der Waals surface area contributed by atoms with Crippen LogP contribution in [0.4, 0.5) is 0 Å². The van der Waals surface area contributed by atoms with Crippen molar-refractivity contribution in [3.63, 3.8) is 0 Å². The molecule has 2 heterocycles. The normalized spacial score (nSPS) is 36.6. The van der Waals surface area contributed by atoms with Crippen LogP contribution in [-0.2, 0) is 0 Å². The van der Waals surface area contributed by atoms with E-state index in [1.807, 2.05) is 0 Å². The maximum absolute atomic E-state index is 3.88. The highest BCUT2D eigenvalue weighted by Gasteiger charge is 2.52. The van der Waals surface area contributed by atoms with Crippen molar-refractivity contribution in [2.24, 2.45) is 10.8 Å². The second-order valence-corrected chi connectivity index (χ2v) is 7.93. The molecule has 0 aromatic heterocycles. The van der Waals surface area contributed by atoms with Gasteiger partial charge in [-0.05, 0) is 17.5 Å². The van der Waals surface area contributed by atoms with Crippen LogP contribution in [0, 0.1) is 10.8 Å². The Hall–Kier alpha value is -1.64. The van der Waals surface area contributed by atoms with Gasteiger partial charge in [0, 0.05) is 36.0 Å². The van der Waals surface area contributed by atoms with Crippen LogP contribution in [0.2, 0.25) is 0 Å². The molecule has 2 saturated heterocycles. The molecule has 23 heavy (non-hydrogen) atoms. The largest absolute Gasteiger partial charge is 0.309 e. The van der Waals surface area contributed by atoms with Gasteiger partial charge in [0.05, 0.1) is 0 Å². The third-order valence-corrected chi connectivity index (χ3v) is 5.89. The molecular formula is C21H26N2. The van der Waals surface area contributed by atoms with Crippen LogP contribution in [-0.4, -0.2) is 13.1 Å². The van der Waals surface area contributed by atoms with Crippen molar-refractivity contribution in [1.82, 2.24) is 10.6 Å². The second-order valence-electron chi connectivity index (χ2n) is 7.93. The molecule has 2 aromatic carbocycles. The monoisotopic (exact) mass is 306 g/mol. The lowest BCUT2D eigenvalue weighted by Crippen LogP contribution is -2.62. The highest BCUT2D eigenvalue weighted by Crippen LogP contribution is 2.54. The molecule has 120 valence electrons. The minimum atomic E-state index is 0.250. The molecule has 0 amide bonds. The summed E-state index contributed by atoms with van der Waals surface area (Å²) in [5.74, 6) is 0. The molecule has 2 aliphatic heterocycles. The first-order chi connectivity index (χ1) is 11.1. The van der Waals surface area contributed by atoms with E-state index in [0.717, 1.165) is 13.1 Å². The van der Waals surface area contributed by atoms with Crippen LogP contribution < -0.4 is 10.6 Å². The number of piperidine rings is 2. The van der Waals surface area contributed by atoms with Crippen molar-refractivity contribution in [2.45, 2.75) is 32.4 Å². The molecule has 2 nitrogen and oxygen atoms in total. The van der Waals surface area contributed by atoms with E-state index in [1.165, 1.54) is 17.5 Å². The molecule has 2 fully saturated rings. The van der Waals surface area contributed by atoms with Crippen molar-refractivity contribution < 1.29 is 0 Å². The maximum atomic E-state index is 3.88. The summed E-state index contributed by atoms with van der Waals surface area (Å²) in [6.07, 6.45) is 1.25. The lowest BCUT2D eigenvalue weighted by molar-refractivity contribution is -0.0160. The Morgan fingerprint density at radius 3 is 1.48 bits per heavy atom. The Morgan fingerprint density at radius 1 is 0.696 bits per heavy atom. The van der Waals surface area contributed by atoms with Crippen molar-refractivity contribution >= 4 is 0 Å². The van der Waals surface area contributed by atoms with Gasteiger partial charge >= 0.3 is 0 Å². The zero-order valence-corrected chi connectivity index (χ0v) is 14.0. The first-order valence-corrected chi connectivity index (χ1v) is 8.67. The van der Waals surface area contributed by atoms with Gasteiger partial charge in [-0.15, -0.1) is 0 Å². The maximum Gasteiger partial charge on any atom is 0.0387 e. The van der Waals surface area contributed by atoms with E-state index in [4.69, 9.17) is 0 Å². The topological polar surface area (TPSA) is 24.1 Å². The van der Waals surface area contributed by atoms with Gasteiger partial charge in [-0.2, -0.15) is 0 Å². The average Bonchev–Trinajstić information content (AvgIpc) is 2.56. The average molecular weight is 306 g/mol. The standard InChI is InChI=1S/C21H26N2/c1-20-13-21(2,15-23-18(20)16-9-5-3-6-10-16)19(22-14-20)17-11-7-4-8-12-17/h3-12,18-19,22-23H,13-15H2,1-2H3/t18-,19-,20+,21+/m0/s1. The number of fused-ring (bicyclic) bond motifs is 2. The predicted octanol–water partition coefficient (Wildman–Crippen LogP) is 4.08. The molecular weight excluding hydrogens is 280 g/mol. The van der Waals surface area contributed by atoms with Crippen LogP contribution in [0.3, 0.4) is 0 Å². The number of benzene rings is 2. The van der Waals surface area contributed by atoms with Crippen molar-refractivity contribution in [3.05, 3.63) is 71.8 Å². The van der Waals surface area contributed by atoms with Gasteiger partial charge in [0.1, 0.15) is 0 Å². The Balaban J connectivity index is 1.64. The molecule has 0 saturated carbocycles. The van der Waals surface area contributed by atoms with E-state index in [9.17, 15) is 0 Å². The summed E-state index contributed by atoms with van der Waals surface area (Å²) in [4.78, 5) is 0. The van der Waals surface area contributed by atoms with Crippen molar-refractivity contribution in [2.75, 3.05) is 13.1 Å². The second kappa shape index (κ2) is 5.47. The van der Waals surface area contributed by atoms with Crippen LogP contribution >= 0.6 is 0 Å². The number of hydrogen-bond acceptors (Lipinski definition) is 2. The summed E-state index contributed by atoms with van der Waals surface area (Å²) in [7, 11) is 0. The van der Waals surface area contributed by atoms with E-state index < -0.39 is 0 Å². The fraction of sp³-hybridized carbons (Fsp3) is 0.429. The number of rotatable bonds is 2. The van der Waals surface area contributed by atoms with Gasteiger partial charge in [-0.1, -0.05) is 74.5 Å². The predicted molar refractivity (Wildman–Crippen MR) is 95.2 cm³/mol. The van der Waals surface area contributed by atoms with Crippen LogP contribution in [0.25, 0.3) is 0 Å². The van der Waals surface area contributed by atoms with Crippen LogP contribution in [0.15, 0.2) is 60.7 Å². The number of hydrogen-bond donors (Lipinski definition) is 2. The molecule has 0 unspecified atom stereocenters. The highest BCUT2D eigenvalue weighted by molar-refractivity contribution is 5.28. The molecule has 4 rings (SSSR count). The van der Waals surface area contributed by atoms with E-state index >= 15 is 0 Å². The summed E-state index contributed by atoms with van der Waals surface area (Å²) in [6.45, 7) is 6.97. The smallest absolute Gasteiger partial charge is 0.0387 e. The van der Waals surface area contributed by atoms with Gasteiger partial charge in [0.2, 0.25) is 0 Å². The molecule has 0 spiro atoms. The zero-order valence-electron chi connectivity index (χ0n) is 14.0. The van der Waals surface area contributed by atoms with Crippen molar-refractivity contribution in [3.8, 4) is 0 Å². The summed E-state index contributed by atoms with van der Waals surface area (Å²) in [5.41, 5.74) is 3.33. The Kier molecular flexibility index (Phi) is 3.55. The third kappa shape index (κ3) is 2.50. The molecule has 2 bridgehead atoms. The quantitative estimate of drug-likeness (QED) is 0.873. The molecule has 2 heteroatoms. The summed E-state index contributed by atoms with van der Waals surface area (Å²) in [6, 6.07) is 22.7. The Bertz CT molecular complexity index is 609. The van der Waals surface area contributed by atoms with Crippen LogP contribution in [0.5, 0.6) is 0 Å². The molecule has 2 aromatic rings. The summed E-state index contributed by atoms with van der Waals surface area (Å²) < 4.78 is 0. The number of nitrogens with one attached hydrogen (secondary N) is 2. The fourth-order valence-electron chi connectivity index (χ4n) is 4.95. The molecule has 0 aliphatic carbocycles.